The maximum Gasteiger partial charge on any atom is 0.0612 e. The Morgan fingerprint density at radius 2 is 2.00 bits per heavy atom. The largest absolute Gasteiger partial charge is 0.392 e. The maximum atomic E-state index is 8.58. The lowest BCUT2D eigenvalue weighted by Crippen LogP contribution is -2.19. The van der Waals surface area contributed by atoms with E-state index in [-0.39, 0.29) is 6.61 Å². The Kier molecular flexibility index (Phi) is 4.33. The zero-order valence-electron chi connectivity index (χ0n) is 7.70. The first kappa shape index (κ1) is 9.75. The van der Waals surface area contributed by atoms with E-state index in [1.807, 2.05) is 6.08 Å². The van der Waals surface area contributed by atoms with Crippen molar-refractivity contribution in [3.05, 3.63) is 12.2 Å². The summed E-state index contributed by atoms with van der Waals surface area (Å²) in [4.78, 5) is 0. The fourth-order valence-corrected chi connectivity index (χ4v) is 1.77. The second-order valence-electron chi connectivity index (χ2n) is 3.38. The Morgan fingerprint density at radius 1 is 1.33 bits per heavy atom. The summed E-state index contributed by atoms with van der Waals surface area (Å²) in [6, 6.07) is 0. The van der Waals surface area contributed by atoms with Crippen LogP contribution in [0.15, 0.2) is 12.2 Å². The van der Waals surface area contributed by atoms with E-state index in [0.717, 1.165) is 12.8 Å². The van der Waals surface area contributed by atoms with Gasteiger partial charge in [0, 0.05) is 7.11 Å². The molecule has 0 bridgehead atoms. The SMILES string of the molecule is COC1CCC(C=CCO)CC1. The summed E-state index contributed by atoms with van der Waals surface area (Å²) in [6.45, 7) is 0.171. The highest BCUT2D eigenvalue weighted by atomic mass is 16.5. The van der Waals surface area contributed by atoms with E-state index in [1.165, 1.54) is 12.8 Å². The predicted molar refractivity (Wildman–Crippen MR) is 49.0 cm³/mol. The zero-order valence-corrected chi connectivity index (χ0v) is 7.70. The van der Waals surface area contributed by atoms with Crippen molar-refractivity contribution in [2.24, 2.45) is 5.92 Å². The van der Waals surface area contributed by atoms with Crippen LogP contribution in [-0.2, 0) is 4.74 Å². The molecule has 1 saturated carbocycles. The average Bonchev–Trinajstić information content (AvgIpc) is 2.15. The summed E-state index contributed by atoms with van der Waals surface area (Å²) >= 11 is 0. The predicted octanol–water partition coefficient (Wildman–Crippen LogP) is 1.74. The minimum Gasteiger partial charge on any atom is -0.392 e. The van der Waals surface area contributed by atoms with Gasteiger partial charge in [-0.15, -0.1) is 0 Å². The van der Waals surface area contributed by atoms with Crippen LogP contribution in [0.5, 0.6) is 0 Å². The Balaban J connectivity index is 2.21. The monoisotopic (exact) mass is 170 g/mol. The number of aliphatic hydroxyl groups is 1. The van der Waals surface area contributed by atoms with Crippen LogP contribution in [-0.4, -0.2) is 24.9 Å². The van der Waals surface area contributed by atoms with Gasteiger partial charge < -0.3 is 9.84 Å². The molecule has 0 aromatic carbocycles. The van der Waals surface area contributed by atoms with Crippen LogP contribution in [0.2, 0.25) is 0 Å². The second kappa shape index (κ2) is 5.33. The average molecular weight is 170 g/mol. The first-order chi connectivity index (χ1) is 5.86. The van der Waals surface area contributed by atoms with Gasteiger partial charge in [-0.1, -0.05) is 12.2 Å². The van der Waals surface area contributed by atoms with Crippen molar-refractivity contribution in [3.8, 4) is 0 Å². The highest BCUT2D eigenvalue weighted by Crippen LogP contribution is 2.26. The van der Waals surface area contributed by atoms with Gasteiger partial charge in [-0.2, -0.15) is 0 Å². The van der Waals surface area contributed by atoms with Crippen molar-refractivity contribution >= 4 is 0 Å². The third-order valence-electron chi connectivity index (χ3n) is 2.57. The molecule has 2 heteroatoms. The number of hydrogen-bond acceptors (Lipinski definition) is 2. The fraction of sp³-hybridized carbons (Fsp3) is 0.800. The maximum absolute atomic E-state index is 8.58. The highest BCUT2D eigenvalue weighted by molar-refractivity contribution is 4.90. The fourth-order valence-electron chi connectivity index (χ4n) is 1.77. The normalized spacial score (nSPS) is 31.2. The highest BCUT2D eigenvalue weighted by Gasteiger charge is 2.18. The number of aliphatic hydroxyl groups excluding tert-OH is 1. The molecule has 0 spiro atoms. The van der Waals surface area contributed by atoms with Crippen molar-refractivity contribution in [2.45, 2.75) is 31.8 Å². The summed E-state index contributed by atoms with van der Waals surface area (Å²) in [7, 11) is 1.79. The van der Waals surface area contributed by atoms with Gasteiger partial charge in [-0.05, 0) is 31.6 Å². The van der Waals surface area contributed by atoms with Crippen LogP contribution in [0.4, 0.5) is 0 Å². The molecule has 1 rings (SSSR count). The Morgan fingerprint density at radius 3 is 2.50 bits per heavy atom. The molecule has 0 radical (unpaired) electrons. The minimum absolute atomic E-state index is 0.171. The van der Waals surface area contributed by atoms with Crippen LogP contribution in [0, 0.1) is 5.92 Å². The van der Waals surface area contributed by atoms with Gasteiger partial charge in [-0.3, -0.25) is 0 Å². The number of rotatable bonds is 3. The molecular formula is C10H18O2. The lowest BCUT2D eigenvalue weighted by Gasteiger charge is -2.25. The third kappa shape index (κ3) is 2.95. The van der Waals surface area contributed by atoms with E-state index in [2.05, 4.69) is 6.08 Å². The van der Waals surface area contributed by atoms with Crippen LogP contribution in [0.3, 0.4) is 0 Å². The lowest BCUT2D eigenvalue weighted by atomic mass is 9.87. The van der Waals surface area contributed by atoms with E-state index in [1.54, 1.807) is 7.11 Å². The Labute approximate surface area is 74.2 Å². The molecule has 0 aliphatic heterocycles. The van der Waals surface area contributed by atoms with E-state index >= 15 is 0 Å². The zero-order chi connectivity index (χ0) is 8.81. The molecule has 0 aromatic rings. The van der Waals surface area contributed by atoms with Crippen molar-refractivity contribution in [2.75, 3.05) is 13.7 Å². The number of ether oxygens (including phenoxy) is 1. The number of allylic oxidation sites excluding steroid dienone is 1. The summed E-state index contributed by atoms with van der Waals surface area (Å²) in [5, 5.41) is 8.58. The molecule has 1 fully saturated rings. The second-order valence-corrected chi connectivity index (χ2v) is 3.38. The third-order valence-corrected chi connectivity index (χ3v) is 2.57. The van der Waals surface area contributed by atoms with Gasteiger partial charge in [0.1, 0.15) is 0 Å². The van der Waals surface area contributed by atoms with E-state index in [0.29, 0.717) is 12.0 Å². The molecule has 0 aromatic heterocycles. The quantitative estimate of drug-likeness (QED) is 0.654. The molecule has 0 atom stereocenters. The molecule has 1 aliphatic rings. The summed E-state index contributed by atoms with van der Waals surface area (Å²) in [5.74, 6) is 0.670. The van der Waals surface area contributed by atoms with Crippen LogP contribution >= 0.6 is 0 Å². The Bertz CT molecular complexity index is 135. The molecule has 0 unspecified atom stereocenters. The standard InChI is InChI=1S/C10H18O2/c1-12-10-6-4-9(5-7-10)3-2-8-11/h2-3,9-11H,4-8H2,1H3. The first-order valence-corrected chi connectivity index (χ1v) is 4.67. The van der Waals surface area contributed by atoms with Crippen molar-refractivity contribution in [3.63, 3.8) is 0 Å². The van der Waals surface area contributed by atoms with E-state index in [4.69, 9.17) is 9.84 Å². The van der Waals surface area contributed by atoms with Crippen molar-refractivity contribution in [1.82, 2.24) is 0 Å². The first-order valence-electron chi connectivity index (χ1n) is 4.67. The van der Waals surface area contributed by atoms with Crippen LogP contribution in [0.25, 0.3) is 0 Å². The van der Waals surface area contributed by atoms with Gasteiger partial charge in [-0.25, -0.2) is 0 Å². The van der Waals surface area contributed by atoms with Gasteiger partial charge in [0.2, 0.25) is 0 Å². The number of hydrogen-bond donors (Lipinski definition) is 1. The van der Waals surface area contributed by atoms with Crippen LogP contribution < -0.4 is 0 Å². The summed E-state index contributed by atoms with van der Waals surface area (Å²) in [6.07, 6.45) is 9.19. The topological polar surface area (TPSA) is 29.5 Å². The minimum atomic E-state index is 0.171. The number of methoxy groups -OCH3 is 1. The molecule has 12 heavy (non-hydrogen) atoms. The molecule has 2 nitrogen and oxygen atoms in total. The van der Waals surface area contributed by atoms with Crippen molar-refractivity contribution in [1.29, 1.82) is 0 Å². The summed E-state index contributed by atoms with van der Waals surface area (Å²) in [5.41, 5.74) is 0. The van der Waals surface area contributed by atoms with Crippen molar-refractivity contribution < 1.29 is 9.84 Å². The molecule has 1 aliphatic carbocycles. The van der Waals surface area contributed by atoms with Gasteiger partial charge in [0.05, 0.1) is 12.7 Å². The lowest BCUT2D eigenvalue weighted by molar-refractivity contribution is 0.0626. The van der Waals surface area contributed by atoms with Gasteiger partial charge >= 0.3 is 0 Å². The molecule has 0 amide bonds. The molecule has 0 saturated heterocycles. The van der Waals surface area contributed by atoms with Crippen LogP contribution in [0.1, 0.15) is 25.7 Å². The molecule has 70 valence electrons. The molecular weight excluding hydrogens is 152 g/mol. The van der Waals surface area contributed by atoms with E-state index < -0.39 is 0 Å². The van der Waals surface area contributed by atoms with Gasteiger partial charge in [0.15, 0.2) is 0 Å². The Hall–Kier alpha value is -0.340. The molecule has 0 heterocycles. The molecule has 1 N–H and O–H groups in total. The smallest absolute Gasteiger partial charge is 0.0612 e. The van der Waals surface area contributed by atoms with E-state index in [9.17, 15) is 0 Å². The summed E-state index contributed by atoms with van der Waals surface area (Å²) < 4.78 is 5.27. The van der Waals surface area contributed by atoms with Gasteiger partial charge in [0.25, 0.3) is 0 Å².